The molecule has 0 aromatic rings. The van der Waals surface area contributed by atoms with E-state index in [4.69, 9.17) is 15.2 Å². The lowest BCUT2D eigenvalue weighted by atomic mass is 10.1. The molecular weight excluding hydrogens is 158 g/mol. The zero-order valence-electron chi connectivity index (χ0n) is 7.16. The first-order chi connectivity index (χ1) is 5.74. The molecule has 1 rings (SSSR count). The SMILES string of the molecule is CO[C@@H]1C[CH]CC(C(N)=O)OC1. The first-order valence-electron chi connectivity index (χ1n) is 3.99. The molecule has 0 aromatic heterocycles. The van der Waals surface area contributed by atoms with Gasteiger partial charge in [-0.15, -0.1) is 0 Å². The molecule has 4 nitrogen and oxygen atoms in total. The molecule has 4 heteroatoms. The second kappa shape index (κ2) is 4.42. The van der Waals surface area contributed by atoms with E-state index in [0.29, 0.717) is 13.0 Å². The van der Waals surface area contributed by atoms with E-state index in [1.807, 2.05) is 6.42 Å². The first-order valence-corrected chi connectivity index (χ1v) is 3.99. The van der Waals surface area contributed by atoms with E-state index in [0.717, 1.165) is 6.42 Å². The topological polar surface area (TPSA) is 61.5 Å². The van der Waals surface area contributed by atoms with Crippen molar-refractivity contribution in [2.45, 2.75) is 25.0 Å². The molecule has 69 valence electrons. The highest BCUT2D eigenvalue weighted by molar-refractivity contribution is 5.78. The van der Waals surface area contributed by atoms with Crippen molar-refractivity contribution in [2.75, 3.05) is 13.7 Å². The van der Waals surface area contributed by atoms with Crippen LogP contribution in [0.2, 0.25) is 0 Å². The molecule has 0 aromatic carbocycles. The van der Waals surface area contributed by atoms with Crippen molar-refractivity contribution in [2.24, 2.45) is 5.73 Å². The van der Waals surface area contributed by atoms with Crippen molar-refractivity contribution in [1.82, 2.24) is 0 Å². The average Bonchev–Trinajstić information content (AvgIpc) is 2.28. The van der Waals surface area contributed by atoms with Gasteiger partial charge in [0.25, 0.3) is 0 Å². The van der Waals surface area contributed by atoms with E-state index < -0.39 is 12.0 Å². The molecule has 0 aliphatic carbocycles. The highest BCUT2D eigenvalue weighted by Gasteiger charge is 2.22. The Morgan fingerprint density at radius 1 is 1.67 bits per heavy atom. The monoisotopic (exact) mass is 172 g/mol. The number of hydrogen-bond acceptors (Lipinski definition) is 3. The maximum Gasteiger partial charge on any atom is 0.246 e. The minimum atomic E-state index is -0.467. The van der Waals surface area contributed by atoms with Crippen LogP contribution in [-0.2, 0) is 14.3 Å². The van der Waals surface area contributed by atoms with Crippen LogP contribution in [-0.4, -0.2) is 31.8 Å². The van der Waals surface area contributed by atoms with Gasteiger partial charge in [0.15, 0.2) is 0 Å². The number of nitrogens with two attached hydrogens (primary N) is 1. The summed E-state index contributed by atoms with van der Waals surface area (Å²) in [5, 5.41) is 0. The molecule has 1 fully saturated rings. The van der Waals surface area contributed by atoms with Gasteiger partial charge < -0.3 is 15.2 Å². The van der Waals surface area contributed by atoms with Gasteiger partial charge in [-0.25, -0.2) is 0 Å². The predicted octanol–water partition coefficient (Wildman–Crippen LogP) is -0.130. The van der Waals surface area contributed by atoms with E-state index in [1.54, 1.807) is 7.11 Å². The van der Waals surface area contributed by atoms with E-state index >= 15 is 0 Å². The fourth-order valence-electron chi connectivity index (χ4n) is 1.16. The smallest absolute Gasteiger partial charge is 0.246 e. The Kier molecular flexibility index (Phi) is 3.49. The molecular formula is C8H14NO3. The Bertz CT molecular complexity index is 160. The van der Waals surface area contributed by atoms with Crippen molar-refractivity contribution >= 4 is 5.91 Å². The van der Waals surface area contributed by atoms with Gasteiger partial charge in [-0.3, -0.25) is 4.79 Å². The quantitative estimate of drug-likeness (QED) is 0.631. The van der Waals surface area contributed by atoms with Crippen LogP contribution in [0.25, 0.3) is 0 Å². The van der Waals surface area contributed by atoms with Gasteiger partial charge in [0, 0.05) is 7.11 Å². The third-order valence-corrected chi connectivity index (χ3v) is 1.94. The Labute approximate surface area is 72.0 Å². The standard InChI is InChI=1S/C8H14NO3/c1-11-6-3-2-4-7(8(9)10)12-5-6/h2,6-7H,3-5H2,1H3,(H2,9,10)/t6-,7?/m1/s1. The van der Waals surface area contributed by atoms with Crippen molar-refractivity contribution < 1.29 is 14.3 Å². The summed E-state index contributed by atoms with van der Waals surface area (Å²) >= 11 is 0. The lowest BCUT2D eigenvalue weighted by molar-refractivity contribution is -0.130. The highest BCUT2D eigenvalue weighted by Crippen LogP contribution is 2.14. The van der Waals surface area contributed by atoms with E-state index in [2.05, 4.69) is 0 Å². The summed E-state index contributed by atoms with van der Waals surface area (Å²) in [4.78, 5) is 10.7. The number of rotatable bonds is 2. The fourth-order valence-corrected chi connectivity index (χ4v) is 1.16. The largest absolute Gasteiger partial charge is 0.379 e. The van der Waals surface area contributed by atoms with Crippen LogP contribution in [0.3, 0.4) is 0 Å². The molecule has 0 bridgehead atoms. The van der Waals surface area contributed by atoms with Crippen LogP contribution in [0.1, 0.15) is 12.8 Å². The number of hydrogen-bond donors (Lipinski definition) is 1. The summed E-state index contributed by atoms with van der Waals surface area (Å²) < 4.78 is 10.3. The zero-order valence-corrected chi connectivity index (χ0v) is 7.16. The number of amides is 1. The van der Waals surface area contributed by atoms with Crippen molar-refractivity contribution in [1.29, 1.82) is 0 Å². The van der Waals surface area contributed by atoms with Crippen molar-refractivity contribution in [3.8, 4) is 0 Å². The molecule has 1 unspecified atom stereocenters. The van der Waals surface area contributed by atoms with Crippen LogP contribution in [0.5, 0.6) is 0 Å². The van der Waals surface area contributed by atoms with Crippen molar-refractivity contribution in [3.63, 3.8) is 0 Å². The number of methoxy groups -OCH3 is 1. The predicted molar refractivity (Wildman–Crippen MR) is 43.3 cm³/mol. The minimum Gasteiger partial charge on any atom is -0.379 e. The van der Waals surface area contributed by atoms with Gasteiger partial charge in [-0.05, 0) is 19.3 Å². The molecule has 2 N–H and O–H groups in total. The molecule has 0 spiro atoms. The molecule has 0 saturated carbocycles. The third kappa shape index (κ3) is 2.46. The summed E-state index contributed by atoms with van der Waals surface area (Å²) in [6.07, 6.45) is 2.99. The van der Waals surface area contributed by atoms with Crippen LogP contribution in [0.15, 0.2) is 0 Å². The number of carbonyl (C=O) groups excluding carboxylic acids is 1. The number of carbonyl (C=O) groups is 1. The van der Waals surface area contributed by atoms with Gasteiger partial charge in [-0.2, -0.15) is 0 Å². The van der Waals surface area contributed by atoms with Crippen molar-refractivity contribution in [3.05, 3.63) is 6.42 Å². The lowest BCUT2D eigenvalue weighted by Gasteiger charge is -2.12. The summed E-state index contributed by atoms with van der Waals surface area (Å²) in [6, 6.07) is 0. The minimum absolute atomic E-state index is 0.0642. The maximum atomic E-state index is 10.7. The third-order valence-electron chi connectivity index (χ3n) is 1.94. The summed E-state index contributed by atoms with van der Waals surface area (Å²) in [5.74, 6) is -0.400. The summed E-state index contributed by atoms with van der Waals surface area (Å²) in [5.41, 5.74) is 5.10. The Morgan fingerprint density at radius 2 is 2.42 bits per heavy atom. The second-order valence-electron chi connectivity index (χ2n) is 2.84. The van der Waals surface area contributed by atoms with E-state index in [9.17, 15) is 4.79 Å². The average molecular weight is 172 g/mol. The van der Waals surface area contributed by atoms with Crippen LogP contribution in [0, 0.1) is 6.42 Å². The van der Waals surface area contributed by atoms with Gasteiger partial charge >= 0.3 is 0 Å². The van der Waals surface area contributed by atoms with Gasteiger partial charge in [0.2, 0.25) is 5.91 Å². The van der Waals surface area contributed by atoms with Crippen LogP contribution in [0.4, 0.5) is 0 Å². The van der Waals surface area contributed by atoms with Crippen LogP contribution < -0.4 is 5.73 Å². The van der Waals surface area contributed by atoms with Gasteiger partial charge in [0.1, 0.15) is 6.10 Å². The normalized spacial score (nSPS) is 31.1. The summed E-state index contributed by atoms with van der Waals surface area (Å²) in [6.45, 7) is 0.445. The number of primary amides is 1. The molecule has 1 heterocycles. The molecule has 1 radical (unpaired) electrons. The number of ether oxygens (including phenoxy) is 2. The lowest BCUT2D eigenvalue weighted by Crippen LogP contribution is -2.31. The molecule has 1 aliphatic rings. The maximum absolute atomic E-state index is 10.7. The second-order valence-corrected chi connectivity index (χ2v) is 2.84. The zero-order chi connectivity index (χ0) is 8.97. The first kappa shape index (κ1) is 9.48. The van der Waals surface area contributed by atoms with E-state index in [-0.39, 0.29) is 6.10 Å². The van der Waals surface area contributed by atoms with Crippen LogP contribution >= 0.6 is 0 Å². The molecule has 1 aliphatic heterocycles. The van der Waals surface area contributed by atoms with Gasteiger partial charge in [0.05, 0.1) is 12.7 Å². The van der Waals surface area contributed by atoms with E-state index in [1.165, 1.54) is 0 Å². The Morgan fingerprint density at radius 3 is 3.00 bits per heavy atom. The fraction of sp³-hybridized carbons (Fsp3) is 0.750. The Balaban J connectivity index is 2.39. The molecule has 12 heavy (non-hydrogen) atoms. The molecule has 2 atom stereocenters. The molecule has 1 amide bonds. The van der Waals surface area contributed by atoms with Gasteiger partial charge in [-0.1, -0.05) is 0 Å². The summed E-state index contributed by atoms with van der Waals surface area (Å²) in [7, 11) is 1.63. The Hall–Kier alpha value is -0.610. The molecule has 1 saturated heterocycles. The highest BCUT2D eigenvalue weighted by atomic mass is 16.5.